The number of piperazine rings is 1. The molecule has 6 nitrogen and oxygen atoms in total. The van der Waals surface area contributed by atoms with Gasteiger partial charge in [0, 0.05) is 25.2 Å². The van der Waals surface area contributed by atoms with E-state index < -0.39 is 6.09 Å². The lowest BCUT2D eigenvalue weighted by Crippen LogP contribution is -2.61. The SMILES string of the molecule is COc1cncc(N2C[C@@]3(C(C)(C)C)C[C@H]2CN3C(=O)O)c1. The molecule has 2 bridgehead atoms. The van der Waals surface area contributed by atoms with E-state index in [1.807, 2.05) is 12.3 Å². The van der Waals surface area contributed by atoms with Gasteiger partial charge in [-0.15, -0.1) is 0 Å². The Morgan fingerprint density at radius 1 is 1.45 bits per heavy atom. The number of rotatable bonds is 2. The first-order chi connectivity index (χ1) is 10.3. The van der Waals surface area contributed by atoms with Crippen molar-refractivity contribution < 1.29 is 14.6 Å². The van der Waals surface area contributed by atoms with Gasteiger partial charge >= 0.3 is 6.09 Å². The molecule has 2 aliphatic heterocycles. The molecule has 3 heterocycles. The van der Waals surface area contributed by atoms with E-state index in [0.717, 1.165) is 17.9 Å². The Labute approximate surface area is 130 Å². The maximum Gasteiger partial charge on any atom is 0.407 e. The summed E-state index contributed by atoms with van der Waals surface area (Å²) < 4.78 is 5.25. The van der Waals surface area contributed by atoms with Crippen LogP contribution in [0.3, 0.4) is 0 Å². The molecule has 0 spiro atoms. The van der Waals surface area contributed by atoms with Crippen LogP contribution in [0.5, 0.6) is 5.75 Å². The zero-order valence-electron chi connectivity index (χ0n) is 13.5. The number of methoxy groups -OCH3 is 1. The number of ether oxygens (including phenoxy) is 1. The summed E-state index contributed by atoms with van der Waals surface area (Å²) in [5, 5.41) is 9.58. The Balaban J connectivity index is 1.96. The van der Waals surface area contributed by atoms with Crippen molar-refractivity contribution in [3.05, 3.63) is 18.5 Å². The minimum Gasteiger partial charge on any atom is -0.495 e. The third-order valence-electron chi connectivity index (χ3n) is 5.25. The van der Waals surface area contributed by atoms with Gasteiger partial charge in [-0.3, -0.25) is 9.88 Å². The number of hydrogen-bond donors (Lipinski definition) is 1. The van der Waals surface area contributed by atoms with Crippen molar-refractivity contribution in [3.8, 4) is 5.75 Å². The van der Waals surface area contributed by atoms with Gasteiger partial charge in [0.05, 0.1) is 30.7 Å². The Morgan fingerprint density at radius 3 is 2.77 bits per heavy atom. The van der Waals surface area contributed by atoms with Gasteiger partial charge in [0.15, 0.2) is 0 Å². The van der Waals surface area contributed by atoms with Crippen molar-refractivity contribution in [2.24, 2.45) is 5.41 Å². The van der Waals surface area contributed by atoms with E-state index in [2.05, 4.69) is 30.7 Å². The van der Waals surface area contributed by atoms with Gasteiger partial charge in [-0.25, -0.2) is 4.79 Å². The molecule has 0 aliphatic carbocycles. The minimum atomic E-state index is -0.819. The number of fused-ring (bicyclic) bond motifs is 2. The van der Waals surface area contributed by atoms with Gasteiger partial charge in [0.1, 0.15) is 5.75 Å². The Hall–Kier alpha value is -1.98. The van der Waals surface area contributed by atoms with E-state index >= 15 is 0 Å². The molecular formula is C16H23N3O3. The number of carbonyl (C=O) groups is 1. The molecule has 22 heavy (non-hydrogen) atoms. The molecular weight excluding hydrogens is 282 g/mol. The van der Waals surface area contributed by atoms with Crippen molar-refractivity contribution in [1.29, 1.82) is 0 Å². The van der Waals surface area contributed by atoms with Crippen LogP contribution in [0, 0.1) is 5.41 Å². The van der Waals surface area contributed by atoms with Crippen LogP contribution in [0.15, 0.2) is 18.5 Å². The first-order valence-electron chi connectivity index (χ1n) is 7.55. The van der Waals surface area contributed by atoms with Gasteiger partial charge in [-0.1, -0.05) is 20.8 Å². The standard InChI is InChI=1S/C16H23N3O3/c1-15(2,3)16-6-12(9-19(16)14(20)21)18(10-16)11-5-13(22-4)8-17-7-11/h5,7-8,12H,6,9-10H2,1-4H3,(H,20,21)/t12-,16+/m0/s1. The molecule has 1 aromatic rings. The molecule has 0 unspecified atom stereocenters. The van der Waals surface area contributed by atoms with Crippen molar-refractivity contribution in [2.75, 3.05) is 25.1 Å². The Bertz CT molecular complexity index is 599. The van der Waals surface area contributed by atoms with Crippen molar-refractivity contribution in [3.63, 3.8) is 0 Å². The number of pyridine rings is 1. The highest BCUT2D eigenvalue weighted by molar-refractivity contribution is 5.69. The monoisotopic (exact) mass is 305 g/mol. The van der Waals surface area contributed by atoms with Crippen molar-refractivity contribution in [2.45, 2.75) is 38.8 Å². The predicted molar refractivity (Wildman–Crippen MR) is 83.5 cm³/mol. The molecule has 2 atom stereocenters. The molecule has 2 aliphatic rings. The second kappa shape index (κ2) is 4.76. The number of aromatic nitrogens is 1. The summed E-state index contributed by atoms with van der Waals surface area (Å²) in [6, 6.07) is 2.17. The molecule has 2 saturated heterocycles. The fraction of sp³-hybridized carbons (Fsp3) is 0.625. The van der Waals surface area contributed by atoms with Crippen LogP contribution in [0.1, 0.15) is 27.2 Å². The summed E-state index contributed by atoms with van der Waals surface area (Å²) in [4.78, 5) is 19.8. The number of amides is 1. The van der Waals surface area contributed by atoms with Crippen LogP contribution < -0.4 is 9.64 Å². The van der Waals surface area contributed by atoms with E-state index in [1.165, 1.54) is 0 Å². The number of hydrogen-bond acceptors (Lipinski definition) is 4. The average Bonchev–Trinajstić information content (AvgIpc) is 3.04. The molecule has 3 rings (SSSR count). The number of carboxylic acid groups (broad SMARTS) is 1. The van der Waals surface area contributed by atoms with Crippen LogP contribution in [-0.2, 0) is 0 Å². The maximum atomic E-state index is 11.7. The molecule has 0 saturated carbocycles. The van der Waals surface area contributed by atoms with Gasteiger partial charge < -0.3 is 14.7 Å². The quantitative estimate of drug-likeness (QED) is 0.909. The van der Waals surface area contributed by atoms with E-state index in [4.69, 9.17) is 4.74 Å². The minimum absolute atomic E-state index is 0.124. The second-order valence-electron chi connectivity index (χ2n) is 7.24. The lowest BCUT2D eigenvalue weighted by Gasteiger charge is -2.48. The molecule has 0 aromatic carbocycles. The van der Waals surface area contributed by atoms with E-state index in [9.17, 15) is 9.90 Å². The second-order valence-corrected chi connectivity index (χ2v) is 7.24. The summed E-state index contributed by atoms with van der Waals surface area (Å²) in [7, 11) is 1.62. The third kappa shape index (κ3) is 2.01. The molecule has 2 fully saturated rings. The van der Waals surface area contributed by atoms with Gasteiger partial charge in [-0.2, -0.15) is 0 Å². The van der Waals surface area contributed by atoms with E-state index in [-0.39, 0.29) is 17.0 Å². The lowest BCUT2D eigenvalue weighted by atomic mass is 9.73. The van der Waals surface area contributed by atoms with Crippen molar-refractivity contribution >= 4 is 11.8 Å². The van der Waals surface area contributed by atoms with Crippen LogP contribution in [0.2, 0.25) is 0 Å². The maximum absolute atomic E-state index is 11.7. The summed E-state index contributed by atoms with van der Waals surface area (Å²) in [6.07, 6.45) is 3.55. The molecule has 1 N–H and O–H groups in total. The lowest BCUT2D eigenvalue weighted by molar-refractivity contribution is 0.0363. The highest BCUT2D eigenvalue weighted by atomic mass is 16.5. The number of anilines is 1. The zero-order valence-corrected chi connectivity index (χ0v) is 13.5. The zero-order chi connectivity index (χ0) is 16.1. The highest BCUT2D eigenvalue weighted by Crippen LogP contribution is 2.51. The van der Waals surface area contributed by atoms with Crippen LogP contribution in [0.25, 0.3) is 0 Å². The summed E-state index contributed by atoms with van der Waals surface area (Å²) in [5.74, 6) is 0.722. The van der Waals surface area contributed by atoms with Crippen LogP contribution in [0.4, 0.5) is 10.5 Å². The molecule has 0 radical (unpaired) electrons. The van der Waals surface area contributed by atoms with Crippen molar-refractivity contribution in [1.82, 2.24) is 9.88 Å². The largest absolute Gasteiger partial charge is 0.495 e. The molecule has 6 heteroatoms. The first kappa shape index (κ1) is 14.9. The fourth-order valence-corrected chi connectivity index (χ4v) is 3.91. The smallest absolute Gasteiger partial charge is 0.407 e. The first-order valence-corrected chi connectivity index (χ1v) is 7.55. The Morgan fingerprint density at radius 2 is 2.18 bits per heavy atom. The highest BCUT2D eigenvalue weighted by Gasteiger charge is 2.61. The Kier molecular flexibility index (Phi) is 3.23. The molecule has 120 valence electrons. The van der Waals surface area contributed by atoms with Gasteiger partial charge in [0.25, 0.3) is 0 Å². The molecule has 1 amide bonds. The van der Waals surface area contributed by atoms with Gasteiger partial charge in [-0.05, 0) is 11.8 Å². The number of nitrogens with zero attached hydrogens (tertiary/aromatic N) is 3. The summed E-state index contributed by atoms with van der Waals surface area (Å²) in [5.41, 5.74) is 0.522. The van der Waals surface area contributed by atoms with Gasteiger partial charge in [0.2, 0.25) is 0 Å². The average molecular weight is 305 g/mol. The van der Waals surface area contributed by atoms with E-state index in [1.54, 1.807) is 18.2 Å². The van der Waals surface area contributed by atoms with E-state index in [0.29, 0.717) is 13.1 Å². The summed E-state index contributed by atoms with van der Waals surface area (Å²) in [6.45, 7) is 7.61. The predicted octanol–water partition coefficient (Wildman–Crippen LogP) is 2.45. The van der Waals surface area contributed by atoms with Crippen LogP contribution >= 0.6 is 0 Å². The number of likely N-dealkylation sites (tertiary alicyclic amines) is 1. The summed E-state index contributed by atoms with van der Waals surface area (Å²) >= 11 is 0. The topological polar surface area (TPSA) is 65.9 Å². The normalized spacial score (nSPS) is 27.4. The van der Waals surface area contributed by atoms with Crippen LogP contribution in [-0.4, -0.2) is 52.9 Å². The fourth-order valence-electron chi connectivity index (χ4n) is 3.91. The third-order valence-corrected chi connectivity index (χ3v) is 5.25. The molecule has 1 aromatic heterocycles.